The van der Waals surface area contributed by atoms with E-state index in [-0.39, 0.29) is 17.6 Å². The molecule has 0 bridgehead atoms. The molecular weight excluding hydrogens is 338 g/mol. The Morgan fingerprint density at radius 3 is 2.76 bits per heavy atom. The molecule has 1 atom stereocenters. The van der Waals surface area contributed by atoms with Crippen molar-refractivity contribution in [3.8, 4) is 0 Å². The molecule has 25 heavy (non-hydrogen) atoms. The number of benzene rings is 1. The molecule has 1 aromatic carbocycles. The number of amidine groups is 1. The van der Waals surface area contributed by atoms with Crippen molar-refractivity contribution in [2.24, 2.45) is 4.40 Å². The van der Waals surface area contributed by atoms with E-state index in [1.54, 1.807) is 23.3 Å². The minimum absolute atomic E-state index is 0.0400. The third kappa shape index (κ3) is 4.17. The Balaban J connectivity index is 1.65. The zero-order chi connectivity index (χ0) is 17.9. The van der Waals surface area contributed by atoms with Gasteiger partial charge in [0.15, 0.2) is 0 Å². The van der Waals surface area contributed by atoms with E-state index in [0.717, 1.165) is 6.42 Å². The van der Waals surface area contributed by atoms with E-state index in [1.807, 2.05) is 18.2 Å². The number of nitrogens with one attached hydrogen (secondary N) is 1. The second kappa shape index (κ2) is 7.23. The van der Waals surface area contributed by atoms with Gasteiger partial charge in [-0.05, 0) is 24.1 Å². The van der Waals surface area contributed by atoms with Crippen LogP contribution < -0.4 is 5.32 Å². The summed E-state index contributed by atoms with van der Waals surface area (Å²) in [6.45, 7) is 2.96. The Hall–Kier alpha value is -2.41. The number of nitrogens with zero attached hydrogens (tertiary/aromatic N) is 2. The lowest BCUT2D eigenvalue weighted by Crippen LogP contribution is -2.38. The summed E-state index contributed by atoms with van der Waals surface area (Å²) in [5.74, 6) is 0.411. The molecule has 3 rings (SSSR count). The Morgan fingerprint density at radius 1 is 1.28 bits per heavy atom. The summed E-state index contributed by atoms with van der Waals surface area (Å²) in [6, 6.07) is 10.1. The molecule has 7 heteroatoms. The molecule has 0 spiro atoms. The highest BCUT2D eigenvalue weighted by atomic mass is 32.2. The monoisotopic (exact) mass is 359 g/mol. The lowest BCUT2D eigenvalue weighted by molar-refractivity contribution is -0.117. The molecule has 0 aromatic heterocycles. The van der Waals surface area contributed by atoms with E-state index in [1.165, 1.54) is 5.56 Å². The van der Waals surface area contributed by atoms with Gasteiger partial charge in [0.1, 0.15) is 5.84 Å². The molecule has 2 aliphatic rings. The molecule has 0 radical (unpaired) electrons. The van der Waals surface area contributed by atoms with Crippen molar-refractivity contribution >= 4 is 21.8 Å². The average molecular weight is 359 g/mol. The predicted molar refractivity (Wildman–Crippen MR) is 97.6 cm³/mol. The first-order valence-electron chi connectivity index (χ1n) is 8.31. The molecule has 6 nitrogen and oxygen atoms in total. The van der Waals surface area contributed by atoms with Crippen LogP contribution in [0.2, 0.25) is 0 Å². The summed E-state index contributed by atoms with van der Waals surface area (Å²) in [6.07, 6.45) is 5.77. The standard InChI is InChI=1S/C18H21N3O3S/c1-2-14(15-6-4-3-5-7-15)12-19-18(22)16-8-9-17-20-25(23,24)11-10-21(17)13-16/h3-9,13-14H,2,10-12H2,1H3,(H,19,22)/t14-/m1/s1. The van der Waals surface area contributed by atoms with Crippen molar-refractivity contribution in [2.45, 2.75) is 19.3 Å². The number of sulfonamides is 1. The summed E-state index contributed by atoms with van der Waals surface area (Å²) in [4.78, 5) is 14.1. The molecule has 1 amide bonds. The molecule has 1 N–H and O–H groups in total. The highest BCUT2D eigenvalue weighted by Crippen LogP contribution is 2.19. The quantitative estimate of drug-likeness (QED) is 0.869. The fourth-order valence-corrected chi connectivity index (χ4v) is 3.85. The zero-order valence-electron chi connectivity index (χ0n) is 14.1. The molecule has 0 saturated carbocycles. The number of hydrogen-bond acceptors (Lipinski definition) is 4. The maximum absolute atomic E-state index is 12.4. The van der Waals surface area contributed by atoms with Gasteiger partial charge in [-0.15, -0.1) is 4.40 Å². The van der Waals surface area contributed by atoms with Crippen LogP contribution in [-0.4, -0.2) is 43.9 Å². The second-order valence-electron chi connectivity index (χ2n) is 6.07. The van der Waals surface area contributed by atoms with Gasteiger partial charge in [0.05, 0.1) is 11.3 Å². The van der Waals surface area contributed by atoms with Gasteiger partial charge >= 0.3 is 0 Å². The topological polar surface area (TPSA) is 78.8 Å². The van der Waals surface area contributed by atoms with Gasteiger partial charge in [-0.2, -0.15) is 0 Å². The van der Waals surface area contributed by atoms with E-state index >= 15 is 0 Å². The largest absolute Gasteiger partial charge is 0.351 e. The fourth-order valence-electron chi connectivity index (χ4n) is 2.88. The normalized spacial score (nSPS) is 19.5. The third-order valence-electron chi connectivity index (χ3n) is 4.36. The zero-order valence-corrected chi connectivity index (χ0v) is 14.9. The molecule has 1 aromatic rings. The molecule has 2 aliphatic heterocycles. The Labute approximate surface area is 148 Å². The lowest BCUT2D eigenvalue weighted by atomic mass is 9.96. The van der Waals surface area contributed by atoms with Gasteiger partial charge in [-0.25, -0.2) is 8.42 Å². The first-order chi connectivity index (χ1) is 12.0. The van der Waals surface area contributed by atoms with Gasteiger partial charge in [0.25, 0.3) is 15.9 Å². The van der Waals surface area contributed by atoms with E-state index in [4.69, 9.17) is 0 Å². The fraction of sp³-hybridized carbons (Fsp3) is 0.333. The van der Waals surface area contributed by atoms with Crippen LogP contribution in [-0.2, 0) is 14.8 Å². The summed E-state index contributed by atoms with van der Waals surface area (Å²) >= 11 is 0. The van der Waals surface area contributed by atoms with Crippen LogP contribution in [0, 0.1) is 0 Å². The van der Waals surface area contributed by atoms with Crippen molar-refractivity contribution in [1.29, 1.82) is 0 Å². The second-order valence-corrected chi connectivity index (χ2v) is 7.83. The molecule has 0 fully saturated rings. The van der Waals surface area contributed by atoms with Crippen molar-refractivity contribution in [3.63, 3.8) is 0 Å². The van der Waals surface area contributed by atoms with E-state index in [9.17, 15) is 13.2 Å². The van der Waals surface area contributed by atoms with Gasteiger partial charge in [-0.3, -0.25) is 4.79 Å². The molecule has 0 aliphatic carbocycles. The number of carbonyl (C=O) groups excluding carboxylic acids is 1. The smallest absolute Gasteiger partial charge is 0.256 e. The Kier molecular flexibility index (Phi) is 5.03. The first kappa shape index (κ1) is 17.4. The summed E-state index contributed by atoms with van der Waals surface area (Å²) < 4.78 is 26.7. The highest BCUT2D eigenvalue weighted by molar-refractivity contribution is 7.90. The van der Waals surface area contributed by atoms with Crippen molar-refractivity contribution in [1.82, 2.24) is 10.2 Å². The van der Waals surface area contributed by atoms with Crippen molar-refractivity contribution < 1.29 is 13.2 Å². The summed E-state index contributed by atoms with van der Waals surface area (Å²) in [5, 5.41) is 2.97. The Morgan fingerprint density at radius 2 is 2.04 bits per heavy atom. The SMILES string of the molecule is CC[C@H](CNC(=O)C1=CN2CCS(=O)(=O)N=C2C=C1)c1ccccc1. The highest BCUT2D eigenvalue weighted by Gasteiger charge is 2.25. The van der Waals surface area contributed by atoms with E-state index in [2.05, 4.69) is 28.8 Å². The van der Waals surface area contributed by atoms with Gasteiger partial charge in [0, 0.05) is 25.2 Å². The van der Waals surface area contributed by atoms with Crippen LogP contribution in [0.3, 0.4) is 0 Å². The first-order valence-corrected chi connectivity index (χ1v) is 9.92. The van der Waals surface area contributed by atoms with Crippen LogP contribution in [0.25, 0.3) is 0 Å². The number of hydrogen-bond donors (Lipinski definition) is 1. The predicted octanol–water partition coefficient (Wildman–Crippen LogP) is 1.79. The van der Waals surface area contributed by atoms with Crippen LogP contribution in [0.5, 0.6) is 0 Å². The minimum Gasteiger partial charge on any atom is -0.351 e. The van der Waals surface area contributed by atoms with Crippen molar-refractivity contribution in [2.75, 3.05) is 18.8 Å². The number of amides is 1. The number of carbonyl (C=O) groups is 1. The lowest BCUT2D eigenvalue weighted by Gasteiger charge is -2.27. The Bertz CT molecular complexity index is 842. The van der Waals surface area contributed by atoms with Gasteiger partial charge < -0.3 is 10.2 Å². The maximum atomic E-state index is 12.4. The summed E-state index contributed by atoms with van der Waals surface area (Å²) in [7, 11) is -3.38. The van der Waals surface area contributed by atoms with Crippen molar-refractivity contribution in [3.05, 3.63) is 59.8 Å². The molecule has 0 unspecified atom stereocenters. The molecule has 0 saturated heterocycles. The maximum Gasteiger partial charge on any atom is 0.256 e. The third-order valence-corrected chi connectivity index (χ3v) is 5.52. The van der Waals surface area contributed by atoms with Gasteiger partial charge in [-0.1, -0.05) is 37.3 Å². The van der Waals surface area contributed by atoms with Crippen LogP contribution in [0.1, 0.15) is 24.8 Å². The van der Waals surface area contributed by atoms with Crippen LogP contribution >= 0.6 is 0 Å². The number of fused-ring (bicyclic) bond motifs is 1. The van der Waals surface area contributed by atoms with E-state index < -0.39 is 10.0 Å². The average Bonchev–Trinajstić information content (AvgIpc) is 2.62. The van der Waals surface area contributed by atoms with Gasteiger partial charge in [0.2, 0.25) is 0 Å². The number of rotatable bonds is 5. The van der Waals surface area contributed by atoms with Crippen LogP contribution in [0.15, 0.2) is 58.7 Å². The van der Waals surface area contributed by atoms with Crippen LogP contribution in [0.4, 0.5) is 0 Å². The minimum atomic E-state index is -3.38. The van der Waals surface area contributed by atoms with E-state index in [0.29, 0.717) is 24.5 Å². The molecular formula is C18H21N3O3S. The molecule has 2 heterocycles. The summed E-state index contributed by atoms with van der Waals surface area (Å²) in [5.41, 5.74) is 1.70. The molecule has 132 valence electrons.